The number of nitrogens with one attached hydrogen (secondary N) is 1. The van der Waals surface area contributed by atoms with Crippen LogP contribution in [0.25, 0.3) is 0 Å². The van der Waals surface area contributed by atoms with E-state index in [1.807, 2.05) is 0 Å². The van der Waals surface area contributed by atoms with Gasteiger partial charge in [-0.15, -0.1) is 11.3 Å². The highest BCUT2D eigenvalue weighted by Gasteiger charge is 2.37. The van der Waals surface area contributed by atoms with Gasteiger partial charge in [0.25, 0.3) is 0 Å². The van der Waals surface area contributed by atoms with Crippen LogP contribution in [0.1, 0.15) is 35.9 Å². The van der Waals surface area contributed by atoms with Gasteiger partial charge in [-0.25, -0.2) is 14.2 Å². The summed E-state index contributed by atoms with van der Waals surface area (Å²) in [6, 6.07) is 1.33. The molecule has 0 unspecified atom stereocenters. The molecule has 43 heavy (non-hydrogen) atoms. The number of nitrogens with zero attached hydrogens (tertiary/aromatic N) is 3. The molecule has 0 spiro atoms. The number of aromatic nitrogens is 1. The van der Waals surface area contributed by atoms with Crippen LogP contribution in [0.2, 0.25) is 5.02 Å². The Bertz CT molecular complexity index is 1340. The Morgan fingerprint density at radius 2 is 2.09 bits per heavy atom. The number of carbonyl (C=O) groups is 3. The van der Waals surface area contributed by atoms with Crippen molar-refractivity contribution in [3.8, 4) is 0 Å². The zero-order chi connectivity index (χ0) is 31.5. The minimum Gasteiger partial charge on any atom is -0.480 e. The minimum atomic E-state index is -1.03. The van der Waals surface area contributed by atoms with Gasteiger partial charge in [0, 0.05) is 40.9 Å². The van der Waals surface area contributed by atoms with Gasteiger partial charge in [-0.05, 0) is 31.5 Å². The van der Waals surface area contributed by atoms with Crippen LogP contribution < -0.4 is 16.8 Å². The van der Waals surface area contributed by atoms with Crippen molar-refractivity contribution < 1.29 is 38.5 Å². The lowest BCUT2D eigenvalue weighted by Gasteiger charge is -2.35. The lowest BCUT2D eigenvalue weighted by atomic mass is 9.95. The molecule has 2 aliphatic heterocycles. The van der Waals surface area contributed by atoms with E-state index < -0.39 is 41.9 Å². The van der Waals surface area contributed by atoms with Gasteiger partial charge < -0.3 is 36.5 Å². The van der Waals surface area contributed by atoms with E-state index in [2.05, 4.69) is 15.3 Å². The van der Waals surface area contributed by atoms with Crippen LogP contribution in [-0.4, -0.2) is 95.9 Å². The lowest BCUT2D eigenvalue weighted by Crippen LogP contribution is -2.52. The van der Waals surface area contributed by atoms with Crippen molar-refractivity contribution in [3.63, 3.8) is 0 Å². The first kappa shape index (κ1) is 34.0. The summed E-state index contributed by atoms with van der Waals surface area (Å²) in [6.07, 6.45) is 3.78. The molecule has 0 radical (unpaired) electrons. The summed E-state index contributed by atoms with van der Waals surface area (Å²) in [5.41, 5.74) is 11.4. The van der Waals surface area contributed by atoms with E-state index >= 15 is 0 Å². The maximum Gasteiger partial charge on any atom is 0.338 e. The number of methoxy groups -OCH3 is 1. The number of carboxylic acid groups (broad SMARTS) is 2. The summed E-state index contributed by atoms with van der Waals surface area (Å²) in [5.74, 6) is -2.76. The Hall–Kier alpha value is -3.47. The first-order valence-corrected chi connectivity index (χ1v) is 14.6. The number of rotatable bonds is 11. The Morgan fingerprint density at radius 1 is 1.33 bits per heavy atom. The average molecular weight is 641 g/mol. The number of esters is 1. The standard InChI is InChI=1S/C21H20ClFN4O5S.C6H14N2O2/c1-31-21(30)16-14(9-27-5-6-32-10-15(27)20(28)29)25-18(19-24-4-7-33-19)26-17(16)12-3-2-11(23)8-13(12)22;7-4-2-1-3-5(8)6(9)10/h2-4,7-8,15,17H,5-6,9-10H2,1H3,(H,25,26)(H,28,29);5H,1-4,7-8H2,(H,9,10)/t15-,17-;5-/m00/s1. The number of morpholine rings is 1. The van der Waals surface area contributed by atoms with Crippen LogP contribution in [0.15, 0.2) is 46.0 Å². The van der Waals surface area contributed by atoms with Crippen molar-refractivity contribution in [2.45, 2.75) is 37.4 Å². The molecule has 0 aliphatic carbocycles. The van der Waals surface area contributed by atoms with Crippen molar-refractivity contribution in [1.82, 2.24) is 15.2 Å². The molecule has 1 fully saturated rings. The Balaban J connectivity index is 0.000000436. The third-order valence-corrected chi connectivity index (χ3v) is 7.70. The summed E-state index contributed by atoms with van der Waals surface area (Å²) in [5, 5.41) is 23.5. The topological polar surface area (TPSA) is 203 Å². The van der Waals surface area contributed by atoms with Crippen LogP contribution in [0.5, 0.6) is 0 Å². The fraction of sp³-hybridized carbons (Fsp3) is 0.444. The van der Waals surface area contributed by atoms with Crippen molar-refractivity contribution in [2.24, 2.45) is 16.5 Å². The van der Waals surface area contributed by atoms with E-state index in [9.17, 15) is 23.9 Å². The molecule has 16 heteroatoms. The van der Waals surface area contributed by atoms with E-state index in [0.29, 0.717) is 48.2 Å². The van der Waals surface area contributed by atoms with Gasteiger partial charge in [0.15, 0.2) is 10.8 Å². The van der Waals surface area contributed by atoms with Crippen LogP contribution in [-0.2, 0) is 23.9 Å². The molecule has 0 amide bonds. The Kier molecular flexibility index (Phi) is 13.0. The summed E-state index contributed by atoms with van der Waals surface area (Å²) >= 11 is 7.67. The van der Waals surface area contributed by atoms with Crippen molar-refractivity contribution >= 4 is 46.7 Å². The highest BCUT2D eigenvalue weighted by Crippen LogP contribution is 2.37. The van der Waals surface area contributed by atoms with Gasteiger partial charge in [-0.3, -0.25) is 19.5 Å². The molecule has 3 atom stereocenters. The number of halogens is 2. The molecule has 13 nitrogen and oxygen atoms in total. The van der Waals surface area contributed by atoms with Gasteiger partial charge in [-0.2, -0.15) is 0 Å². The number of unbranched alkanes of at least 4 members (excludes halogenated alkanes) is 1. The molecule has 3 heterocycles. The number of hydrogen-bond donors (Lipinski definition) is 5. The van der Waals surface area contributed by atoms with E-state index in [-0.39, 0.29) is 23.7 Å². The molecule has 2 aromatic rings. The predicted molar refractivity (Wildman–Crippen MR) is 157 cm³/mol. The highest BCUT2D eigenvalue weighted by molar-refractivity contribution is 7.11. The van der Waals surface area contributed by atoms with Gasteiger partial charge in [-0.1, -0.05) is 24.1 Å². The molecule has 2 aliphatic rings. The zero-order valence-corrected chi connectivity index (χ0v) is 24.9. The zero-order valence-electron chi connectivity index (χ0n) is 23.4. The second kappa shape index (κ2) is 16.4. The van der Waals surface area contributed by atoms with E-state index in [4.69, 9.17) is 37.6 Å². The molecule has 1 aromatic carbocycles. The van der Waals surface area contributed by atoms with E-state index in [1.165, 1.54) is 30.6 Å². The number of carboxylic acids is 2. The van der Waals surface area contributed by atoms with Crippen molar-refractivity contribution in [1.29, 1.82) is 0 Å². The summed E-state index contributed by atoms with van der Waals surface area (Å²) in [4.78, 5) is 45.5. The summed E-state index contributed by atoms with van der Waals surface area (Å²) in [6.45, 7) is 1.42. The van der Waals surface area contributed by atoms with E-state index in [0.717, 1.165) is 18.9 Å². The van der Waals surface area contributed by atoms with Crippen molar-refractivity contribution in [3.05, 3.63) is 62.5 Å². The highest BCUT2D eigenvalue weighted by atomic mass is 35.5. The molecular formula is C27H34ClFN6O7S. The SMILES string of the molecule is COC(=O)C1=C(CN2CCOC[C@H]2C(=O)O)NC(c2nccs2)=N[C@H]1c1ccc(F)cc1Cl.NCCCC[C@H](N)C(=O)O. The van der Waals surface area contributed by atoms with Crippen LogP contribution in [0, 0.1) is 5.82 Å². The number of benzene rings is 1. The number of carbonyl (C=O) groups excluding carboxylic acids is 1. The third-order valence-electron chi connectivity index (χ3n) is 6.60. The fourth-order valence-electron chi connectivity index (χ4n) is 4.36. The second-order valence-corrected chi connectivity index (χ2v) is 10.8. The van der Waals surface area contributed by atoms with Crippen LogP contribution in [0.4, 0.5) is 4.39 Å². The normalized spacial score (nSPS) is 19.4. The summed E-state index contributed by atoms with van der Waals surface area (Å²) in [7, 11) is 1.24. The van der Waals surface area contributed by atoms with Gasteiger partial charge in [0.05, 0.1) is 25.9 Å². The van der Waals surface area contributed by atoms with Crippen molar-refractivity contribution in [2.75, 3.05) is 40.0 Å². The molecule has 234 valence electrons. The number of amidine groups is 1. The quantitative estimate of drug-likeness (QED) is 0.176. The molecule has 0 bridgehead atoms. The first-order chi connectivity index (χ1) is 20.6. The first-order valence-electron chi connectivity index (χ1n) is 13.3. The maximum absolute atomic E-state index is 13.7. The molecule has 1 aromatic heterocycles. The maximum atomic E-state index is 13.7. The van der Waals surface area contributed by atoms with Gasteiger partial charge in [0.1, 0.15) is 23.9 Å². The molecule has 7 N–H and O–H groups in total. The van der Waals surface area contributed by atoms with Gasteiger partial charge >= 0.3 is 17.9 Å². The van der Waals surface area contributed by atoms with Gasteiger partial charge in [0.2, 0.25) is 0 Å². The number of hydrogen-bond acceptors (Lipinski definition) is 12. The monoisotopic (exact) mass is 640 g/mol. The van der Waals surface area contributed by atoms with E-state index in [1.54, 1.807) is 16.5 Å². The minimum absolute atomic E-state index is 0.0246. The smallest absolute Gasteiger partial charge is 0.338 e. The number of aliphatic imine (C=N–C) groups is 1. The number of nitrogens with two attached hydrogens (primary N) is 2. The fourth-order valence-corrected chi connectivity index (χ4v) is 5.22. The molecule has 4 rings (SSSR count). The summed E-state index contributed by atoms with van der Waals surface area (Å²) < 4.78 is 24.1. The van der Waals surface area contributed by atoms with Crippen LogP contribution in [0.3, 0.4) is 0 Å². The number of aliphatic carboxylic acids is 2. The lowest BCUT2D eigenvalue weighted by molar-refractivity contribution is -0.149. The predicted octanol–water partition coefficient (Wildman–Crippen LogP) is 1.77. The van der Waals surface area contributed by atoms with Crippen LogP contribution >= 0.6 is 22.9 Å². The Morgan fingerprint density at radius 3 is 2.70 bits per heavy atom. The average Bonchev–Trinajstić information content (AvgIpc) is 3.52. The third kappa shape index (κ3) is 9.26. The number of thiazole rings is 1. The Labute approximate surface area is 256 Å². The molecular weight excluding hydrogens is 607 g/mol. The number of ether oxygens (including phenoxy) is 2. The second-order valence-electron chi connectivity index (χ2n) is 9.52. The largest absolute Gasteiger partial charge is 0.480 e. The molecule has 0 saturated carbocycles. The molecule has 1 saturated heterocycles.